The molecule has 0 spiro atoms. The summed E-state index contributed by atoms with van der Waals surface area (Å²) in [6, 6.07) is 4.61. The Morgan fingerprint density at radius 3 is 3.11 bits per heavy atom. The Balaban J connectivity index is 2.27. The number of non-ortho nitro benzene ring substituents is 1. The largest absolute Gasteiger partial charge is 0.424 e. The van der Waals surface area contributed by atoms with Crippen molar-refractivity contribution in [3.63, 3.8) is 0 Å². The molecule has 0 radical (unpaired) electrons. The molecule has 0 fully saturated rings. The molecule has 18 heavy (non-hydrogen) atoms. The van der Waals surface area contributed by atoms with Crippen molar-refractivity contribution < 1.29 is 9.34 Å². The van der Waals surface area contributed by atoms with Crippen LogP contribution in [0, 0.1) is 22.5 Å². The van der Waals surface area contributed by atoms with Gasteiger partial charge in [-0.05, 0) is 13.0 Å². The van der Waals surface area contributed by atoms with Gasteiger partial charge in [0.05, 0.1) is 4.92 Å². The van der Waals surface area contributed by atoms with E-state index in [-0.39, 0.29) is 11.7 Å². The molecule has 92 valence electrons. The van der Waals surface area contributed by atoms with E-state index in [1.165, 1.54) is 18.2 Å². The third-order valence-corrected chi connectivity index (χ3v) is 2.38. The van der Waals surface area contributed by atoms with E-state index in [9.17, 15) is 10.1 Å². The molecule has 0 aliphatic rings. The van der Waals surface area contributed by atoms with Crippen LogP contribution < -0.4 is 5.32 Å². The number of aromatic nitrogens is 1. The lowest BCUT2D eigenvalue weighted by Gasteiger charge is -2.06. The molecule has 0 aliphatic carbocycles. The zero-order valence-corrected chi connectivity index (χ0v) is 9.71. The highest BCUT2D eigenvalue weighted by Gasteiger charge is 2.12. The van der Waals surface area contributed by atoms with Gasteiger partial charge in [-0.2, -0.15) is 4.98 Å². The maximum Gasteiger partial charge on any atom is 0.295 e. The average Bonchev–Trinajstić information content (AvgIpc) is 2.69. The average molecular weight is 245 g/mol. The van der Waals surface area contributed by atoms with E-state index in [1.54, 1.807) is 0 Å². The van der Waals surface area contributed by atoms with Crippen molar-refractivity contribution >= 4 is 22.8 Å². The van der Waals surface area contributed by atoms with E-state index >= 15 is 0 Å². The van der Waals surface area contributed by atoms with E-state index in [4.69, 9.17) is 10.8 Å². The van der Waals surface area contributed by atoms with E-state index in [2.05, 4.69) is 16.2 Å². The number of nitrogens with one attached hydrogen (secondary N) is 1. The van der Waals surface area contributed by atoms with Gasteiger partial charge in [0, 0.05) is 24.6 Å². The van der Waals surface area contributed by atoms with Gasteiger partial charge in [-0.1, -0.05) is 0 Å². The number of fused-ring (bicyclic) bond motifs is 1. The Labute approximate surface area is 103 Å². The topological polar surface area (TPSA) is 81.2 Å². The highest BCUT2D eigenvalue weighted by molar-refractivity contribution is 5.77. The van der Waals surface area contributed by atoms with Crippen LogP contribution in [0.4, 0.5) is 11.7 Å². The SMILES string of the molecule is C#CCC(C)Nc1nc2cc([N+](=O)[O-])ccc2o1. The molecule has 1 atom stereocenters. The van der Waals surface area contributed by atoms with Gasteiger partial charge in [-0.15, -0.1) is 12.3 Å². The Morgan fingerprint density at radius 1 is 1.67 bits per heavy atom. The zero-order chi connectivity index (χ0) is 13.1. The fourth-order valence-corrected chi connectivity index (χ4v) is 1.53. The lowest BCUT2D eigenvalue weighted by atomic mass is 10.2. The van der Waals surface area contributed by atoms with Crippen molar-refractivity contribution in [3.8, 4) is 12.3 Å². The van der Waals surface area contributed by atoms with E-state index in [0.717, 1.165) is 0 Å². The fourth-order valence-electron chi connectivity index (χ4n) is 1.53. The molecule has 1 N–H and O–H groups in total. The summed E-state index contributed by atoms with van der Waals surface area (Å²) in [7, 11) is 0. The minimum atomic E-state index is -0.470. The van der Waals surface area contributed by atoms with Crippen LogP contribution in [-0.4, -0.2) is 15.9 Å². The number of hydrogen-bond acceptors (Lipinski definition) is 5. The van der Waals surface area contributed by atoms with Crippen molar-refractivity contribution in [1.82, 2.24) is 4.98 Å². The van der Waals surface area contributed by atoms with Gasteiger partial charge in [-0.3, -0.25) is 10.1 Å². The minimum Gasteiger partial charge on any atom is -0.424 e. The predicted octanol–water partition coefficient (Wildman–Crippen LogP) is 2.56. The second kappa shape index (κ2) is 4.75. The molecule has 0 bridgehead atoms. The first-order valence-corrected chi connectivity index (χ1v) is 5.35. The molecular weight excluding hydrogens is 234 g/mol. The van der Waals surface area contributed by atoms with Crippen molar-refractivity contribution in [2.45, 2.75) is 19.4 Å². The fraction of sp³-hybridized carbons (Fsp3) is 0.250. The number of nitrogens with zero attached hydrogens (tertiary/aromatic N) is 2. The third-order valence-electron chi connectivity index (χ3n) is 2.38. The standard InChI is InChI=1S/C12H11N3O3/c1-3-4-8(2)13-12-14-10-7-9(15(16)17)5-6-11(10)18-12/h1,5-8H,4H2,2H3,(H,13,14). The maximum atomic E-state index is 10.6. The van der Waals surface area contributed by atoms with Crippen molar-refractivity contribution in [3.05, 3.63) is 28.3 Å². The first kappa shape index (κ1) is 11.9. The summed E-state index contributed by atoms with van der Waals surface area (Å²) in [6.45, 7) is 1.90. The quantitative estimate of drug-likeness (QED) is 0.508. The number of rotatable bonds is 4. The number of nitro benzene ring substituents is 1. The Bertz CT molecular complexity index is 627. The summed E-state index contributed by atoms with van der Waals surface area (Å²) in [4.78, 5) is 14.3. The molecule has 1 unspecified atom stereocenters. The summed E-state index contributed by atoms with van der Waals surface area (Å²) in [5.74, 6) is 2.52. The maximum absolute atomic E-state index is 10.6. The van der Waals surface area contributed by atoms with E-state index in [1.807, 2.05) is 6.92 Å². The van der Waals surface area contributed by atoms with Crippen LogP contribution >= 0.6 is 0 Å². The Morgan fingerprint density at radius 2 is 2.44 bits per heavy atom. The summed E-state index contributed by atoms with van der Waals surface area (Å²) in [6.07, 6.45) is 5.74. The first-order chi connectivity index (χ1) is 8.60. The van der Waals surface area contributed by atoms with Gasteiger partial charge in [0.1, 0.15) is 5.52 Å². The molecule has 1 heterocycles. The normalized spacial score (nSPS) is 12.0. The van der Waals surface area contributed by atoms with Crippen LogP contribution in [0.2, 0.25) is 0 Å². The number of anilines is 1. The molecule has 1 aromatic heterocycles. The molecule has 0 saturated heterocycles. The lowest BCUT2D eigenvalue weighted by Crippen LogP contribution is -2.13. The molecule has 1 aromatic carbocycles. The number of terminal acetylenes is 1. The van der Waals surface area contributed by atoms with Crippen LogP contribution in [-0.2, 0) is 0 Å². The lowest BCUT2D eigenvalue weighted by molar-refractivity contribution is -0.384. The molecule has 2 rings (SSSR count). The van der Waals surface area contributed by atoms with Crippen LogP contribution in [0.15, 0.2) is 22.6 Å². The summed E-state index contributed by atoms with van der Waals surface area (Å²) < 4.78 is 5.41. The second-order valence-electron chi connectivity index (χ2n) is 3.88. The highest BCUT2D eigenvalue weighted by Crippen LogP contribution is 2.23. The smallest absolute Gasteiger partial charge is 0.295 e. The monoisotopic (exact) mass is 245 g/mol. The summed E-state index contributed by atoms with van der Waals surface area (Å²) >= 11 is 0. The van der Waals surface area contributed by atoms with Gasteiger partial charge in [-0.25, -0.2) is 0 Å². The molecule has 6 heteroatoms. The van der Waals surface area contributed by atoms with Crippen LogP contribution in [0.25, 0.3) is 11.1 Å². The van der Waals surface area contributed by atoms with Crippen LogP contribution in [0.5, 0.6) is 0 Å². The number of nitro groups is 1. The first-order valence-electron chi connectivity index (χ1n) is 5.35. The van der Waals surface area contributed by atoms with Gasteiger partial charge < -0.3 is 9.73 Å². The zero-order valence-electron chi connectivity index (χ0n) is 9.71. The minimum absolute atomic E-state index is 0.0148. The summed E-state index contributed by atoms with van der Waals surface area (Å²) in [5, 5.41) is 13.6. The van der Waals surface area contributed by atoms with Crippen molar-refractivity contribution in [2.24, 2.45) is 0 Å². The summed E-state index contributed by atoms with van der Waals surface area (Å²) in [5.41, 5.74) is 0.926. The molecular formula is C12H11N3O3. The van der Waals surface area contributed by atoms with Crippen LogP contribution in [0.1, 0.15) is 13.3 Å². The van der Waals surface area contributed by atoms with E-state index < -0.39 is 4.92 Å². The van der Waals surface area contributed by atoms with Gasteiger partial charge >= 0.3 is 0 Å². The molecule has 2 aromatic rings. The Hall–Kier alpha value is -2.55. The molecule has 0 saturated carbocycles. The molecule has 6 nitrogen and oxygen atoms in total. The predicted molar refractivity (Wildman–Crippen MR) is 67.2 cm³/mol. The van der Waals surface area contributed by atoms with E-state index in [0.29, 0.717) is 23.5 Å². The van der Waals surface area contributed by atoms with Gasteiger partial charge in [0.25, 0.3) is 11.7 Å². The third kappa shape index (κ3) is 2.40. The number of hydrogen-bond donors (Lipinski definition) is 1. The van der Waals surface area contributed by atoms with Crippen LogP contribution in [0.3, 0.4) is 0 Å². The second-order valence-corrected chi connectivity index (χ2v) is 3.88. The Kier molecular flexibility index (Phi) is 3.15. The van der Waals surface area contributed by atoms with Gasteiger partial charge in [0.15, 0.2) is 5.58 Å². The molecule has 0 amide bonds. The van der Waals surface area contributed by atoms with Gasteiger partial charge in [0.2, 0.25) is 0 Å². The molecule has 0 aliphatic heterocycles. The number of benzene rings is 1. The highest BCUT2D eigenvalue weighted by atomic mass is 16.6. The van der Waals surface area contributed by atoms with Crippen molar-refractivity contribution in [2.75, 3.05) is 5.32 Å². The number of oxazole rings is 1. The van der Waals surface area contributed by atoms with Crippen molar-refractivity contribution in [1.29, 1.82) is 0 Å².